The van der Waals surface area contributed by atoms with E-state index in [1.807, 2.05) is 0 Å². The van der Waals surface area contributed by atoms with Crippen LogP contribution in [-0.4, -0.2) is 17.7 Å². The van der Waals surface area contributed by atoms with Gasteiger partial charge in [0, 0.05) is 30.2 Å². The second-order valence-corrected chi connectivity index (χ2v) is 5.93. The predicted molar refractivity (Wildman–Crippen MR) is 87.6 cm³/mol. The lowest BCUT2D eigenvalue weighted by Gasteiger charge is -2.07. The molecule has 0 aliphatic rings. The highest BCUT2D eigenvalue weighted by Gasteiger charge is 2.03. The molecule has 104 valence electrons. The van der Waals surface area contributed by atoms with Crippen LogP contribution >= 0.6 is 11.3 Å². The third-order valence-electron chi connectivity index (χ3n) is 3.69. The molecule has 0 saturated heterocycles. The van der Waals surface area contributed by atoms with Gasteiger partial charge in [-0.1, -0.05) is 18.2 Å². The highest BCUT2D eigenvalue weighted by Crippen LogP contribution is 2.19. The Kier molecular flexibility index (Phi) is 4.19. The van der Waals surface area contributed by atoms with Crippen LogP contribution in [0.25, 0.3) is 10.9 Å². The number of aryl methyl sites for hydroxylation is 1. The van der Waals surface area contributed by atoms with Gasteiger partial charge in [0.05, 0.1) is 0 Å². The quantitative estimate of drug-likeness (QED) is 0.680. The maximum Gasteiger partial charge on any atom is 0.0483 e. The molecule has 0 amide bonds. The van der Waals surface area contributed by atoms with Crippen LogP contribution in [0.3, 0.4) is 0 Å². The molecule has 3 heteroatoms. The Labute approximate surface area is 124 Å². The van der Waals surface area contributed by atoms with Gasteiger partial charge in [0.15, 0.2) is 0 Å². The lowest BCUT2D eigenvalue weighted by atomic mass is 10.2. The van der Waals surface area contributed by atoms with Gasteiger partial charge in [-0.25, -0.2) is 0 Å². The first-order valence-corrected chi connectivity index (χ1v) is 8.05. The molecule has 2 aromatic heterocycles. The first kappa shape index (κ1) is 13.4. The standard InChI is InChI=1S/C17H20N2S/c1-14-12-19(17-5-3-2-4-16(14)17)10-9-18-8-6-15-7-11-20-13-15/h2-5,7,11-13,18H,6,8-10H2,1H3. The van der Waals surface area contributed by atoms with Crippen molar-refractivity contribution >= 4 is 22.2 Å². The minimum atomic E-state index is 1.02. The number of nitrogens with one attached hydrogen (secondary N) is 1. The Hall–Kier alpha value is -1.58. The Balaban J connectivity index is 1.52. The fourth-order valence-corrected chi connectivity index (χ4v) is 3.31. The van der Waals surface area contributed by atoms with Crippen LogP contribution < -0.4 is 5.32 Å². The van der Waals surface area contributed by atoms with Crippen molar-refractivity contribution in [3.05, 3.63) is 58.4 Å². The summed E-state index contributed by atoms with van der Waals surface area (Å²) >= 11 is 1.77. The average Bonchev–Trinajstić information content (AvgIpc) is 3.08. The summed E-state index contributed by atoms with van der Waals surface area (Å²) in [4.78, 5) is 0. The second kappa shape index (κ2) is 6.25. The normalized spacial score (nSPS) is 11.2. The third-order valence-corrected chi connectivity index (χ3v) is 4.42. The molecule has 0 radical (unpaired) electrons. The van der Waals surface area contributed by atoms with E-state index in [0.29, 0.717) is 0 Å². The topological polar surface area (TPSA) is 17.0 Å². The molecular weight excluding hydrogens is 264 g/mol. The summed E-state index contributed by atoms with van der Waals surface area (Å²) in [7, 11) is 0. The van der Waals surface area contributed by atoms with Crippen LogP contribution in [-0.2, 0) is 13.0 Å². The first-order chi connectivity index (χ1) is 9.84. The summed E-state index contributed by atoms with van der Waals surface area (Å²) in [6, 6.07) is 10.8. The summed E-state index contributed by atoms with van der Waals surface area (Å²) in [6.07, 6.45) is 3.38. The summed E-state index contributed by atoms with van der Waals surface area (Å²) in [5.74, 6) is 0. The molecule has 0 spiro atoms. The van der Waals surface area contributed by atoms with E-state index in [1.165, 1.54) is 22.0 Å². The number of hydrogen-bond acceptors (Lipinski definition) is 2. The first-order valence-electron chi connectivity index (χ1n) is 7.11. The van der Waals surface area contributed by atoms with Crippen molar-refractivity contribution in [2.24, 2.45) is 0 Å². The Morgan fingerprint density at radius 2 is 2.05 bits per heavy atom. The van der Waals surface area contributed by atoms with E-state index >= 15 is 0 Å². The number of nitrogens with zero attached hydrogens (tertiary/aromatic N) is 1. The van der Waals surface area contributed by atoms with Gasteiger partial charge in [0.25, 0.3) is 0 Å². The smallest absolute Gasteiger partial charge is 0.0483 e. The molecule has 0 bridgehead atoms. The molecule has 20 heavy (non-hydrogen) atoms. The molecule has 0 atom stereocenters. The van der Waals surface area contributed by atoms with Crippen LogP contribution in [0.5, 0.6) is 0 Å². The zero-order valence-corrected chi connectivity index (χ0v) is 12.6. The van der Waals surface area contributed by atoms with E-state index in [0.717, 1.165) is 26.1 Å². The SMILES string of the molecule is Cc1cn(CCNCCc2ccsc2)c2ccccc12. The largest absolute Gasteiger partial charge is 0.346 e. The number of benzene rings is 1. The fraction of sp³-hybridized carbons (Fsp3) is 0.294. The fourth-order valence-electron chi connectivity index (χ4n) is 2.61. The van der Waals surface area contributed by atoms with E-state index in [9.17, 15) is 0 Å². The van der Waals surface area contributed by atoms with Crippen LogP contribution in [0.4, 0.5) is 0 Å². The van der Waals surface area contributed by atoms with Gasteiger partial charge in [-0.3, -0.25) is 0 Å². The summed E-state index contributed by atoms with van der Waals surface area (Å²) in [5, 5.41) is 9.27. The van der Waals surface area contributed by atoms with Crippen molar-refractivity contribution in [1.82, 2.24) is 9.88 Å². The molecule has 0 saturated carbocycles. The molecule has 2 nitrogen and oxygen atoms in total. The monoisotopic (exact) mass is 284 g/mol. The molecule has 0 aliphatic heterocycles. The maximum atomic E-state index is 3.53. The maximum absolute atomic E-state index is 3.53. The molecule has 0 aliphatic carbocycles. The highest BCUT2D eigenvalue weighted by atomic mass is 32.1. The molecular formula is C17H20N2S. The lowest BCUT2D eigenvalue weighted by Crippen LogP contribution is -2.22. The van der Waals surface area contributed by atoms with Gasteiger partial charge in [-0.2, -0.15) is 11.3 Å². The predicted octanol–water partition coefficient (Wildman–Crippen LogP) is 3.84. The molecule has 1 N–H and O–H groups in total. The van der Waals surface area contributed by atoms with Gasteiger partial charge in [-0.15, -0.1) is 0 Å². The van der Waals surface area contributed by atoms with E-state index < -0.39 is 0 Å². The van der Waals surface area contributed by atoms with Crippen LogP contribution in [0.2, 0.25) is 0 Å². The number of thiophene rings is 1. The van der Waals surface area contributed by atoms with Crippen molar-refractivity contribution in [1.29, 1.82) is 0 Å². The van der Waals surface area contributed by atoms with E-state index in [1.54, 1.807) is 11.3 Å². The molecule has 2 heterocycles. The van der Waals surface area contributed by atoms with E-state index in [-0.39, 0.29) is 0 Å². The summed E-state index contributed by atoms with van der Waals surface area (Å²) < 4.78 is 2.35. The third kappa shape index (κ3) is 2.94. The summed E-state index contributed by atoms with van der Waals surface area (Å²) in [5.41, 5.74) is 4.13. The molecule has 1 aromatic carbocycles. The van der Waals surface area contributed by atoms with E-state index in [4.69, 9.17) is 0 Å². The van der Waals surface area contributed by atoms with Gasteiger partial charge < -0.3 is 9.88 Å². The van der Waals surface area contributed by atoms with Gasteiger partial charge >= 0.3 is 0 Å². The number of aromatic nitrogens is 1. The van der Waals surface area contributed by atoms with E-state index in [2.05, 4.69) is 64.1 Å². The number of para-hydroxylation sites is 1. The highest BCUT2D eigenvalue weighted by molar-refractivity contribution is 7.07. The molecule has 0 fully saturated rings. The lowest BCUT2D eigenvalue weighted by molar-refractivity contribution is 0.609. The minimum absolute atomic E-state index is 1.02. The summed E-state index contributed by atoms with van der Waals surface area (Å²) in [6.45, 7) is 5.28. The van der Waals surface area contributed by atoms with Gasteiger partial charge in [0.1, 0.15) is 0 Å². The second-order valence-electron chi connectivity index (χ2n) is 5.15. The number of rotatable bonds is 6. The van der Waals surface area contributed by atoms with Crippen molar-refractivity contribution in [2.45, 2.75) is 19.9 Å². The Morgan fingerprint density at radius 3 is 2.90 bits per heavy atom. The molecule has 3 rings (SSSR count). The van der Waals surface area contributed by atoms with Crippen molar-refractivity contribution in [3.8, 4) is 0 Å². The van der Waals surface area contributed by atoms with Crippen LogP contribution in [0.1, 0.15) is 11.1 Å². The Bertz CT molecular complexity index is 667. The van der Waals surface area contributed by atoms with Crippen molar-refractivity contribution in [2.75, 3.05) is 13.1 Å². The van der Waals surface area contributed by atoms with Crippen molar-refractivity contribution in [3.63, 3.8) is 0 Å². The van der Waals surface area contributed by atoms with Gasteiger partial charge in [-0.05, 0) is 53.9 Å². The zero-order chi connectivity index (χ0) is 13.8. The zero-order valence-electron chi connectivity index (χ0n) is 11.8. The average molecular weight is 284 g/mol. The van der Waals surface area contributed by atoms with Gasteiger partial charge in [0.2, 0.25) is 0 Å². The number of fused-ring (bicyclic) bond motifs is 1. The number of hydrogen-bond donors (Lipinski definition) is 1. The minimum Gasteiger partial charge on any atom is -0.346 e. The van der Waals surface area contributed by atoms with Crippen LogP contribution in [0, 0.1) is 6.92 Å². The Morgan fingerprint density at radius 1 is 1.15 bits per heavy atom. The molecule has 3 aromatic rings. The van der Waals surface area contributed by atoms with Crippen molar-refractivity contribution < 1.29 is 0 Å². The van der Waals surface area contributed by atoms with Crippen LogP contribution in [0.15, 0.2) is 47.3 Å². The molecule has 0 unspecified atom stereocenters.